The van der Waals surface area contributed by atoms with E-state index in [2.05, 4.69) is 24.7 Å². The van der Waals surface area contributed by atoms with Crippen LogP contribution in [0.2, 0.25) is 0 Å². The quantitative estimate of drug-likeness (QED) is 0.844. The van der Waals surface area contributed by atoms with Crippen LogP contribution in [0.15, 0.2) is 12.4 Å². The van der Waals surface area contributed by atoms with Crippen LogP contribution in [-0.2, 0) is 11.8 Å². The predicted octanol–water partition coefficient (Wildman–Crippen LogP) is 2.86. The smallest absolute Gasteiger partial charge is 0.237 e. The van der Waals surface area contributed by atoms with Gasteiger partial charge >= 0.3 is 0 Å². The molecule has 0 radical (unpaired) electrons. The number of carbonyl (C=O) groups is 1. The maximum Gasteiger partial charge on any atom is 0.237 e. The second-order valence-corrected chi connectivity index (χ2v) is 8.97. The van der Waals surface area contributed by atoms with Crippen molar-refractivity contribution in [2.24, 2.45) is 7.05 Å². The van der Waals surface area contributed by atoms with Crippen LogP contribution in [0.4, 0.5) is 0 Å². The molecule has 4 rings (SSSR count). The third-order valence-corrected chi connectivity index (χ3v) is 7.07. The molecule has 0 bridgehead atoms. The zero-order valence-corrected chi connectivity index (χ0v) is 17.5. The molecular formula is C22H37N5O. The summed E-state index contributed by atoms with van der Waals surface area (Å²) >= 11 is 0. The van der Waals surface area contributed by atoms with Gasteiger partial charge < -0.3 is 14.8 Å². The zero-order chi connectivity index (χ0) is 19.3. The number of aromatic nitrogens is 2. The first-order valence-corrected chi connectivity index (χ1v) is 11.5. The van der Waals surface area contributed by atoms with Crippen LogP contribution in [0.25, 0.3) is 0 Å². The number of carbonyl (C=O) groups excluding carboxylic acids is 1. The summed E-state index contributed by atoms with van der Waals surface area (Å²) in [6, 6.07) is 1.12. The van der Waals surface area contributed by atoms with Gasteiger partial charge in [0.2, 0.25) is 5.91 Å². The molecule has 2 saturated carbocycles. The van der Waals surface area contributed by atoms with E-state index in [4.69, 9.17) is 0 Å². The number of amides is 1. The van der Waals surface area contributed by atoms with Crippen LogP contribution < -0.4 is 5.32 Å². The number of rotatable bonds is 5. The third-order valence-electron chi connectivity index (χ3n) is 7.07. The monoisotopic (exact) mass is 387 g/mol. The molecule has 1 aromatic rings. The first-order valence-electron chi connectivity index (χ1n) is 11.5. The molecule has 6 nitrogen and oxygen atoms in total. The van der Waals surface area contributed by atoms with Crippen LogP contribution in [0.3, 0.4) is 0 Å². The van der Waals surface area contributed by atoms with Crippen molar-refractivity contribution < 1.29 is 4.79 Å². The minimum Gasteiger partial charge on any atom is -0.337 e. The van der Waals surface area contributed by atoms with Gasteiger partial charge in [0.25, 0.3) is 0 Å². The SMILES string of the molecule is Cn1ccnc1C1CNCCN1CC(=O)N(C1CCCCC1)C1CCCCC1. The molecule has 156 valence electrons. The van der Waals surface area contributed by atoms with E-state index in [1.54, 1.807) is 0 Å². The van der Waals surface area contributed by atoms with E-state index in [1.807, 2.05) is 19.4 Å². The normalized spacial score (nSPS) is 25.7. The number of aryl methyl sites for hydroxylation is 1. The lowest BCUT2D eigenvalue weighted by atomic mass is 9.88. The van der Waals surface area contributed by atoms with Crippen molar-refractivity contribution in [1.82, 2.24) is 24.7 Å². The van der Waals surface area contributed by atoms with E-state index < -0.39 is 0 Å². The highest BCUT2D eigenvalue weighted by Gasteiger charge is 2.35. The lowest BCUT2D eigenvalue weighted by Crippen LogP contribution is -2.55. The lowest BCUT2D eigenvalue weighted by molar-refractivity contribution is -0.140. The Morgan fingerprint density at radius 3 is 2.32 bits per heavy atom. The predicted molar refractivity (Wildman–Crippen MR) is 111 cm³/mol. The molecule has 1 aliphatic heterocycles. The molecule has 0 aromatic carbocycles. The molecule has 3 aliphatic rings. The van der Waals surface area contributed by atoms with Gasteiger partial charge in [-0.25, -0.2) is 4.98 Å². The van der Waals surface area contributed by atoms with Gasteiger partial charge in [-0.15, -0.1) is 0 Å². The van der Waals surface area contributed by atoms with Crippen molar-refractivity contribution in [2.75, 3.05) is 26.2 Å². The summed E-state index contributed by atoms with van der Waals surface area (Å²) in [7, 11) is 2.05. The summed E-state index contributed by atoms with van der Waals surface area (Å²) in [5.41, 5.74) is 0. The van der Waals surface area contributed by atoms with E-state index in [9.17, 15) is 4.79 Å². The van der Waals surface area contributed by atoms with Crippen molar-refractivity contribution in [2.45, 2.75) is 82.3 Å². The molecule has 1 amide bonds. The number of nitrogens with one attached hydrogen (secondary N) is 1. The second kappa shape index (κ2) is 9.40. The largest absolute Gasteiger partial charge is 0.337 e. The fourth-order valence-corrected chi connectivity index (χ4v) is 5.57. The van der Waals surface area contributed by atoms with Gasteiger partial charge in [-0.05, 0) is 25.7 Å². The molecule has 1 aromatic heterocycles. The Hall–Kier alpha value is -1.40. The van der Waals surface area contributed by atoms with Gasteiger partial charge in [0.1, 0.15) is 5.82 Å². The summed E-state index contributed by atoms with van der Waals surface area (Å²) in [6.07, 6.45) is 16.5. The summed E-state index contributed by atoms with van der Waals surface area (Å²) in [4.78, 5) is 22.9. The van der Waals surface area contributed by atoms with Gasteiger partial charge in [0.15, 0.2) is 0 Å². The van der Waals surface area contributed by atoms with Crippen LogP contribution in [0.5, 0.6) is 0 Å². The van der Waals surface area contributed by atoms with Gasteiger partial charge in [-0.3, -0.25) is 9.69 Å². The summed E-state index contributed by atoms with van der Waals surface area (Å²) < 4.78 is 2.09. The van der Waals surface area contributed by atoms with Crippen molar-refractivity contribution >= 4 is 5.91 Å². The Kier molecular flexibility index (Phi) is 6.68. The van der Waals surface area contributed by atoms with Gasteiger partial charge in [0, 0.05) is 51.2 Å². The standard InChI is InChI=1S/C22H37N5O/c1-25-14-13-24-22(25)20-16-23-12-15-26(20)17-21(28)27(18-8-4-2-5-9-18)19-10-6-3-7-11-19/h13-14,18-20,23H,2-12,15-17H2,1H3. The number of hydrogen-bond acceptors (Lipinski definition) is 4. The van der Waals surface area contributed by atoms with Gasteiger partial charge in [-0.2, -0.15) is 0 Å². The molecule has 1 saturated heterocycles. The van der Waals surface area contributed by atoms with Crippen LogP contribution in [0, 0.1) is 0 Å². The van der Waals surface area contributed by atoms with Crippen LogP contribution >= 0.6 is 0 Å². The van der Waals surface area contributed by atoms with Crippen molar-refractivity contribution in [3.05, 3.63) is 18.2 Å². The molecule has 1 atom stereocenters. The summed E-state index contributed by atoms with van der Waals surface area (Å²) in [5, 5.41) is 3.49. The van der Waals surface area contributed by atoms with E-state index in [0.29, 0.717) is 24.5 Å². The van der Waals surface area contributed by atoms with E-state index in [1.165, 1.54) is 64.2 Å². The molecule has 28 heavy (non-hydrogen) atoms. The number of hydrogen-bond donors (Lipinski definition) is 1. The molecule has 1 N–H and O–H groups in total. The highest BCUT2D eigenvalue weighted by molar-refractivity contribution is 5.79. The van der Waals surface area contributed by atoms with Gasteiger partial charge in [-0.1, -0.05) is 38.5 Å². The Balaban J connectivity index is 1.49. The van der Waals surface area contributed by atoms with Crippen molar-refractivity contribution in [3.8, 4) is 0 Å². The van der Waals surface area contributed by atoms with E-state index in [0.717, 1.165) is 25.5 Å². The molecule has 2 aliphatic carbocycles. The first kappa shape index (κ1) is 19.9. The highest BCUT2D eigenvalue weighted by atomic mass is 16.2. The minimum absolute atomic E-state index is 0.178. The van der Waals surface area contributed by atoms with Crippen molar-refractivity contribution in [3.63, 3.8) is 0 Å². The third kappa shape index (κ3) is 4.43. The molecule has 2 heterocycles. The summed E-state index contributed by atoms with van der Waals surface area (Å²) in [5.74, 6) is 1.42. The Morgan fingerprint density at radius 1 is 1.11 bits per heavy atom. The highest BCUT2D eigenvalue weighted by Crippen LogP contribution is 2.31. The molecular weight excluding hydrogens is 350 g/mol. The minimum atomic E-state index is 0.178. The molecule has 6 heteroatoms. The Bertz CT molecular complexity index is 615. The van der Waals surface area contributed by atoms with Gasteiger partial charge in [0.05, 0.1) is 12.6 Å². The molecule has 1 unspecified atom stereocenters. The second-order valence-electron chi connectivity index (χ2n) is 8.97. The first-order chi connectivity index (χ1) is 13.7. The van der Waals surface area contributed by atoms with E-state index >= 15 is 0 Å². The van der Waals surface area contributed by atoms with Crippen molar-refractivity contribution in [1.29, 1.82) is 0 Å². The van der Waals surface area contributed by atoms with Crippen LogP contribution in [0.1, 0.15) is 76.1 Å². The lowest BCUT2D eigenvalue weighted by Gasteiger charge is -2.43. The molecule has 3 fully saturated rings. The number of piperazine rings is 1. The average molecular weight is 388 g/mol. The topological polar surface area (TPSA) is 53.4 Å². The maximum atomic E-state index is 13.6. The zero-order valence-electron chi connectivity index (χ0n) is 17.5. The Morgan fingerprint density at radius 2 is 1.75 bits per heavy atom. The number of nitrogens with zero attached hydrogens (tertiary/aromatic N) is 4. The molecule has 0 spiro atoms. The summed E-state index contributed by atoms with van der Waals surface area (Å²) in [6.45, 7) is 3.25. The van der Waals surface area contributed by atoms with Crippen LogP contribution in [-0.4, -0.2) is 63.5 Å². The number of imidazole rings is 1. The maximum absolute atomic E-state index is 13.6. The Labute approximate surface area is 169 Å². The fourth-order valence-electron chi connectivity index (χ4n) is 5.57. The van der Waals surface area contributed by atoms with E-state index in [-0.39, 0.29) is 6.04 Å². The average Bonchev–Trinajstić information content (AvgIpc) is 3.16. The fraction of sp³-hybridized carbons (Fsp3) is 0.818.